The molecule has 0 spiro atoms. The smallest absolute Gasteiger partial charge is 0.234 e. The molecule has 1 atom stereocenters. The van der Waals surface area contributed by atoms with Gasteiger partial charge in [-0.3, -0.25) is 14.5 Å². The maximum atomic E-state index is 13.7. The molecule has 13 heteroatoms. The molecule has 9 nitrogen and oxygen atoms in total. The Balaban J connectivity index is 1.46. The Morgan fingerprint density at radius 3 is 2.76 bits per heavy atom. The summed E-state index contributed by atoms with van der Waals surface area (Å²) in [5.41, 5.74) is 9.04. The van der Waals surface area contributed by atoms with Crippen LogP contribution in [0.25, 0.3) is 0 Å². The Kier molecular flexibility index (Phi) is 8.53. The molecule has 1 unspecified atom stereocenters. The van der Waals surface area contributed by atoms with Crippen molar-refractivity contribution < 1.29 is 14.3 Å². The average Bonchev–Trinajstić information content (AvgIpc) is 3.40. The van der Waals surface area contributed by atoms with E-state index in [1.165, 1.54) is 23.1 Å². The molecule has 2 aliphatic rings. The molecular formula is C29H26Cl2N6O3S2. The zero-order valence-electron chi connectivity index (χ0n) is 22.9. The quantitative estimate of drug-likeness (QED) is 0.276. The van der Waals surface area contributed by atoms with Crippen LogP contribution in [0.2, 0.25) is 10.0 Å². The topological polar surface area (TPSA) is 134 Å². The normalized spacial score (nSPS) is 18.0. The largest absolute Gasteiger partial charge is 0.497 e. The standard InChI is InChI=1S/C29H26Cl2N6O3S2/c1-29(2)11-21-25(22(38)12-29)24(15-5-4-6-17(9-15)40-3)18(13-32)26(33)37(21)27-35-36-28(42-27)41-14-23(39)34-20-8-7-16(30)10-19(20)31/h4-10,24H,11-12,14,33H2,1-3H3,(H,34,39). The lowest BCUT2D eigenvalue weighted by Gasteiger charge is -2.42. The highest BCUT2D eigenvalue weighted by Gasteiger charge is 2.45. The molecule has 3 N–H and O–H groups in total. The second-order valence-electron chi connectivity index (χ2n) is 10.6. The number of carbonyl (C=O) groups excluding carboxylic acids is 2. The van der Waals surface area contributed by atoms with Gasteiger partial charge in [0.25, 0.3) is 0 Å². The molecule has 2 heterocycles. The molecule has 42 heavy (non-hydrogen) atoms. The number of anilines is 2. The van der Waals surface area contributed by atoms with Crippen molar-refractivity contribution >= 4 is 68.8 Å². The second-order valence-corrected chi connectivity index (χ2v) is 13.6. The van der Waals surface area contributed by atoms with Gasteiger partial charge >= 0.3 is 0 Å². The first-order valence-corrected chi connectivity index (χ1v) is 15.4. The molecule has 3 aromatic rings. The minimum absolute atomic E-state index is 0.0454. The minimum Gasteiger partial charge on any atom is -0.497 e. The summed E-state index contributed by atoms with van der Waals surface area (Å²) in [6.07, 6.45) is 0.878. The lowest BCUT2D eigenvalue weighted by atomic mass is 9.68. The Morgan fingerprint density at radius 2 is 2.05 bits per heavy atom. The number of nitrogens with zero attached hydrogens (tertiary/aromatic N) is 4. The number of amides is 1. The van der Waals surface area contributed by atoms with Crippen molar-refractivity contribution in [3.8, 4) is 11.8 Å². The number of ketones is 1. The van der Waals surface area contributed by atoms with E-state index >= 15 is 0 Å². The van der Waals surface area contributed by atoms with Gasteiger partial charge in [0.2, 0.25) is 11.0 Å². The van der Waals surface area contributed by atoms with Gasteiger partial charge in [-0.25, -0.2) is 0 Å². The summed E-state index contributed by atoms with van der Waals surface area (Å²) in [6, 6.07) is 14.4. The summed E-state index contributed by atoms with van der Waals surface area (Å²) in [5, 5.41) is 22.9. The highest BCUT2D eigenvalue weighted by atomic mass is 35.5. The maximum Gasteiger partial charge on any atom is 0.234 e. The molecule has 0 radical (unpaired) electrons. The molecule has 2 aromatic carbocycles. The number of ether oxygens (including phenoxy) is 1. The average molecular weight is 642 g/mol. The van der Waals surface area contributed by atoms with Gasteiger partial charge in [-0.15, -0.1) is 10.2 Å². The van der Waals surface area contributed by atoms with Crippen LogP contribution < -0.4 is 20.7 Å². The summed E-state index contributed by atoms with van der Waals surface area (Å²) in [4.78, 5) is 28.0. The van der Waals surface area contributed by atoms with E-state index in [9.17, 15) is 14.9 Å². The van der Waals surface area contributed by atoms with Crippen molar-refractivity contribution in [3.63, 3.8) is 0 Å². The van der Waals surface area contributed by atoms with Gasteiger partial charge < -0.3 is 15.8 Å². The van der Waals surface area contributed by atoms with Crippen LogP contribution in [-0.2, 0) is 9.59 Å². The zero-order chi connectivity index (χ0) is 30.2. The molecule has 1 aliphatic carbocycles. The number of Topliss-reactive ketones (excluding diaryl/α,β-unsaturated/α-hetero) is 1. The van der Waals surface area contributed by atoms with Crippen LogP contribution in [0.5, 0.6) is 5.75 Å². The molecule has 0 saturated carbocycles. The fourth-order valence-electron chi connectivity index (χ4n) is 5.14. The number of thioether (sulfide) groups is 1. The predicted molar refractivity (Wildman–Crippen MR) is 166 cm³/mol. The molecule has 0 fully saturated rings. The summed E-state index contributed by atoms with van der Waals surface area (Å²) in [6.45, 7) is 4.06. The van der Waals surface area contributed by atoms with E-state index in [2.05, 4.69) is 21.6 Å². The predicted octanol–water partition coefficient (Wildman–Crippen LogP) is 6.53. The van der Waals surface area contributed by atoms with E-state index in [0.717, 1.165) is 5.56 Å². The van der Waals surface area contributed by atoms with Gasteiger partial charge in [0.1, 0.15) is 11.6 Å². The summed E-state index contributed by atoms with van der Waals surface area (Å²) >= 11 is 14.5. The molecule has 1 amide bonds. The molecule has 5 rings (SSSR count). The van der Waals surface area contributed by atoms with Crippen molar-refractivity contribution in [1.82, 2.24) is 10.2 Å². The van der Waals surface area contributed by atoms with Crippen molar-refractivity contribution in [2.24, 2.45) is 11.1 Å². The molecule has 1 aromatic heterocycles. The van der Waals surface area contributed by atoms with E-state index in [1.54, 1.807) is 30.2 Å². The highest BCUT2D eigenvalue weighted by Crippen LogP contribution is 2.51. The first-order chi connectivity index (χ1) is 20.0. The van der Waals surface area contributed by atoms with Gasteiger partial charge in [-0.05, 0) is 47.7 Å². The molecule has 0 bridgehead atoms. The number of benzene rings is 2. The van der Waals surface area contributed by atoms with Crippen molar-refractivity contribution in [2.45, 2.75) is 36.9 Å². The van der Waals surface area contributed by atoms with E-state index < -0.39 is 5.92 Å². The van der Waals surface area contributed by atoms with Gasteiger partial charge in [0.05, 0.1) is 41.1 Å². The minimum atomic E-state index is -0.634. The van der Waals surface area contributed by atoms with Crippen molar-refractivity contribution in [3.05, 3.63) is 80.7 Å². The van der Waals surface area contributed by atoms with E-state index in [4.69, 9.17) is 33.7 Å². The summed E-state index contributed by atoms with van der Waals surface area (Å²) in [7, 11) is 1.57. The maximum absolute atomic E-state index is 13.7. The fourth-order valence-corrected chi connectivity index (χ4v) is 7.27. The Bertz CT molecular complexity index is 1690. The molecule has 216 valence electrons. The third-order valence-corrected chi connectivity index (χ3v) is 9.52. The number of carbonyl (C=O) groups is 2. The first kappa shape index (κ1) is 29.9. The zero-order valence-corrected chi connectivity index (χ0v) is 26.0. The van der Waals surface area contributed by atoms with Crippen LogP contribution in [0.3, 0.4) is 0 Å². The third kappa shape index (κ3) is 5.99. The number of nitriles is 1. The van der Waals surface area contributed by atoms with Crippen LogP contribution in [0.1, 0.15) is 38.2 Å². The number of hydrogen-bond donors (Lipinski definition) is 2. The lowest BCUT2D eigenvalue weighted by Crippen LogP contribution is -2.42. The van der Waals surface area contributed by atoms with Gasteiger partial charge in [-0.1, -0.05) is 72.3 Å². The van der Waals surface area contributed by atoms with Gasteiger partial charge in [0, 0.05) is 22.7 Å². The Hall–Kier alpha value is -3.56. The number of aromatic nitrogens is 2. The summed E-state index contributed by atoms with van der Waals surface area (Å²) in [5.74, 6) is -0.0984. The van der Waals surface area contributed by atoms with Crippen molar-refractivity contribution in [1.29, 1.82) is 5.26 Å². The fraction of sp³-hybridized carbons (Fsp3) is 0.276. The number of nitrogens with two attached hydrogens (primary N) is 1. The van der Waals surface area contributed by atoms with Crippen molar-refractivity contribution in [2.75, 3.05) is 23.1 Å². The number of rotatable bonds is 7. The summed E-state index contributed by atoms with van der Waals surface area (Å²) < 4.78 is 5.93. The van der Waals surface area contributed by atoms with Gasteiger partial charge in [0.15, 0.2) is 10.1 Å². The van der Waals surface area contributed by atoms with Crippen LogP contribution in [0, 0.1) is 16.7 Å². The number of nitrogens with one attached hydrogen (secondary N) is 1. The lowest BCUT2D eigenvalue weighted by molar-refractivity contribution is -0.118. The first-order valence-electron chi connectivity index (χ1n) is 12.8. The van der Waals surface area contributed by atoms with Crippen LogP contribution in [0.15, 0.2) is 69.5 Å². The third-order valence-electron chi connectivity index (χ3n) is 6.93. The number of hydrogen-bond acceptors (Lipinski definition) is 10. The number of halogens is 2. The van der Waals surface area contributed by atoms with Gasteiger partial charge in [-0.2, -0.15) is 5.26 Å². The molecular weight excluding hydrogens is 615 g/mol. The van der Waals surface area contributed by atoms with E-state index in [-0.39, 0.29) is 34.3 Å². The molecule has 1 aliphatic heterocycles. The van der Waals surface area contributed by atoms with Crippen LogP contribution >= 0.6 is 46.3 Å². The number of allylic oxidation sites excluding steroid dienone is 3. The number of methoxy groups -OCH3 is 1. The van der Waals surface area contributed by atoms with E-state index in [1.807, 2.05) is 38.1 Å². The monoisotopic (exact) mass is 640 g/mol. The van der Waals surface area contributed by atoms with Crippen LogP contribution in [0.4, 0.5) is 10.8 Å². The van der Waals surface area contributed by atoms with Crippen LogP contribution in [-0.4, -0.2) is 34.8 Å². The van der Waals surface area contributed by atoms with E-state index in [0.29, 0.717) is 55.1 Å². The highest BCUT2D eigenvalue weighted by molar-refractivity contribution is 8.01. The Morgan fingerprint density at radius 1 is 1.26 bits per heavy atom. The Labute approximate surface area is 261 Å². The SMILES string of the molecule is COc1cccc(C2C(C#N)=C(N)N(c3nnc(SCC(=O)Nc4ccc(Cl)cc4Cl)s3)C3=C2C(=O)CC(C)(C)C3)c1. The molecule has 0 saturated heterocycles. The second kappa shape index (κ2) is 12.0.